The predicted octanol–water partition coefficient (Wildman–Crippen LogP) is 6.70. The topological polar surface area (TPSA) is 75.5 Å². The van der Waals surface area contributed by atoms with Crippen molar-refractivity contribution in [3.8, 4) is 5.00 Å². The quantitative estimate of drug-likeness (QED) is 0.215. The van der Waals surface area contributed by atoms with Crippen molar-refractivity contribution in [3.63, 3.8) is 0 Å². The average molecular weight is 531 g/mol. The lowest BCUT2D eigenvalue weighted by Crippen LogP contribution is -2.17. The van der Waals surface area contributed by atoms with Crippen LogP contribution in [-0.2, 0) is 12.8 Å². The van der Waals surface area contributed by atoms with Gasteiger partial charge in [-0.2, -0.15) is 5.10 Å². The number of hydrogen-bond acceptors (Lipinski definition) is 4. The summed E-state index contributed by atoms with van der Waals surface area (Å²) in [6.45, 7) is 4.03. The molecule has 5 rings (SSSR count). The van der Waals surface area contributed by atoms with Crippen LogP contribution in [-0.4, -0.2) is 22.6 Å². The lowest BCUT2D eigenvalue weighted by molar-refractivity contribution is 0.0954. The van der Waals surface area contributed by atoms with Gasteiger partial charge in [0.1, 0.15) is 5.00 Å². The number of thiophene rings is 1. The highest BCUT2D eigenvalue weighted by molar-refractivity contribution is 7.15. The van der Waals surface area contributed by atoms with E-state index in [0.29, 0.717) is 10.6 Å². The van der Waals surface area contributed by atoms with Crippen molar-refractivity contribution in [1.82, 2.24) is 9.99 Å². The standard InChI is InChI=1S/C29H27ClN4O2S/c1-18-16-21(17-31-33-27(35)20-12-14-22(30)15-13-20)19(2)34(18)29-26(24-10-6-7-11-25(24)37-29)28(36)32-23-8-4-3-5-9-23/h3-5,8-9,12-17H,6-7,10-11H2,1-2H3,(H,32,36)(H,33,35)/b31-17-. The largest absolute Gasteiger partial charge is 0.322 e. The Morgan fingerprint density at radius 3 is 2.49 bits per heavy atom. The van der Waals surface area contributed by atoms with E-state index in [9.17, 15) is 9.59 Å². The minimum atomic E-state index is -0.312. The molecule has 4 aromatic rings. The van der Waals surface area contributed by atoms with Crippen LogP contribution in [0.2, 0.25) is 5.02 Å². The number of aromatic nitrogens is 1. The van der Waals surface area contributed by atoms with Crippen LogP contribution in [0.4, 0.5) is 5.69 Å². The Morgan fingerprint density at radius 1 is 1.00 bits per heavy atom. The molecule has 1 aliphatic rings. The molecule has 2 N–H and O–H groups in total. The number of nitrogens with one attached hydrogen (secondary N) is 2. The summed E-state index contributed by atoms with van der Waals surface area (Å²) in [7, 11) is 0. The third-order valence-corrected chi connectivity index (χ3v) is 8.09. The maximum atomic E-state index is 13.6. The fourth-order valence-electron chi connectivity index (χ4n) is 4.72. The van der Waals surface area contributed by atoms with Gasteiger partial charge in [0.15, 0.2) is 0 Å². The van der Waals surface area contributed by atoms with Crippen LogP contribution in [0.5, 0.6) is 0 Å². The van der Waals surface area contributed by atoms with E-state index in [-0.39, 0.29) is 11.8 Å². The van der Waals surface area contributed by atoms with E-state index in [1.807, 2.05) is 50.2 Å². The van der Waals surface area contributed by atoms with Gasteiger partial charge in [-0.15, -0.1) is 11.3 Å². The Morgan fingerprint density at radius 2 is 1.73 bits per heavy atom. The van der Waals surface area contributed by atoms with Crippen LogP contribution in [0.25, 0.3) is 5.00 Å². The van der Waals surface area contributed by atoms with Gasteiger partial charge in [0.2, 0.25) is 0 Å². The van der Waals surface area contributed by atoms with Crippen molar-refractivity contribution < 1.29 is 9.59 Å². The number of fused-ring (bicyclic) bond motifs is 1. The van der Waals surface area contributed by atoms with E-state index < -0.39 is 0 Å². The summed E-state index contributed by atoms with van der Waals surface area (Å²) >= 11 is 7.60. The van der Waals surface area contributed by atoms with Crippen molar-refractivity contribution in [3.05, 3.63) is 104 Å². The molecule has 2 aromatic heterocycles. The molecule has 0 bridgehead atoms. The van der Waals surface area contributed by atoms with Crippen molar-refractivity contribution in [2.45, 2.75) is 39.5 Å². The molecule has 6 nitrogen and oxygen atoms in total. The van der Waals surface area contributed by atoms with Gasteiger partial charge < -0.3 is 9.88 Å². The highest BCUT2D eigenvalue weighted by atomic mass is 35.5. The molecule has 2 aromatic carbocycles. The van der Waals surface area contributed by atoms with Crippen molar-refractivity contribution >= 4 is 46.7 Å². The van der Waals surface area contributed by atoms with Crippen molar-refractivity contribution in [1.29, 1.82) is 0 Å². The predicted molar refractivity (Wildman–Crippen MR) is 151 cm³/mol. The first-order valence-corrected chi connectivity index (χ1v) is 13.4. The first-order valence-electron chi connectivity index (χ1n) is 12.2. The van der Waals surface area contributed by atoms with Gasteiger partial charge in [-0.3, -0.25) is 9.59 Å². The van der Waals surface area contributed by atoms with Gasteiger partial charge >= 0.3 is 0 Å². The number of rotatable bonds is 6. The number of halogens is 1. The number of nitrogens with zero attached hydrogens (tertiary/aromatic N) is 2. The molecule has 0 fully saturated rings. The second-order valence-corrected chi connectivity index (χ2v) is 10.6. The van der Waals surface area contributed by atoms with Crippen LogP contribution >= 0.6 is 22.9 Å². The summed E-state index contributed by atoms with van der Waals surface area (Å²) < 4.78 is 2.13. The molecule has 0 saturated carbocycles. The summed E-state index contributed by atoms with van der Waals surface area (Å²) in [6, 6.07) is 18.2. The number of aryl methyl sites for hydroxylation is 2. The van der Waals surface area contributed by atoms with Crippen LogP contribution in [0.3, 0.4) is 0 Å². The number of carbonyl (C=O) groups is 2. The zero-order chi connectivity index (χ0) is 25.9. The number of hydrogen-bond donors (Lipinski definition) is 2. The third-order valence-electron chi connectivity index (χ3n) is 6.56. The number of hydrazone groups is 1. The number of amides is 2. The van der Waals surface area contributed by atoms with Crippen LogP contribution in [0.1, 0.15) is 60.9 Å². The van der Waals surface area contributed by atoms with Crippen LogP contribution in [0.15, 0.2) is 65.8 Å². The zero-order valence-corrected chi connectivity index (χ0v) is 22.2. The van der Waals surface area contributed by atoms with Gasteiger partial charge in [0.05, 0.1) is 11.8 Å². The summed E-state index contributed by atoms with van der Waals surface area (Å²) in [5.74, 6) is -0.397. The molecule has 0 unspecified atom stereocenters. The number of anilines is 1. The van der Waals surface area contributed by atoms with E-state index in [2.05, 4.69) is 20.4 Å². The van der Waals surface area contributed by atoms with E-state index >= 15 is 0 Å². The summed E-state index contributed by atoms with van der Waals surface area (Å²) in [5, 5.41) is 8.77. The van der Waals surface area contributed by atoms with Gasteiger partial charge in [-0.05, 0) is 87.6 Å². The van der Waals surface area contributed by atoms with Gasteiger partial charge in [0, 0.05) is 38.1 Å². The molecule has 1 aliphatic carbocycles. The fraction of sp³-hybridized carbons (Fsp3) is 0.207. The minimum absolute atomic E-state index is 0.0847. The summed E-state index contributed by atoms with van der Waals surface area (Å²) in [6.07, 6.45) is 5.78. The second-order valence-electron chi connectivity index (χ2n) is 9.08. The molecule has 2 amide bonds. The lowest BCUT2D eigenvalue weighted by Gasteiger charge is -2.14. The molecule has 0 saturated heterocycles. The first-order chi connectivity index (χ1) is 17.9. The number of carbonyl (C=O) groups excluding carboxylic acids is 2. The summed E-state index contributed by atoms with van der Waals surface area (Å²) in [5.41, 5.74) is 8.57. The zero-order valence-electron chi connectivity index (χ0n) is 20.7. The maximum Gasteiger partial charge on any atom is 0.271 e. The van der Waals surface area contributed by atoms with Gasteiger partial charge in [-0.25, -0.2) is 5.43 Å². The molecule has 37 heavy (non-hydrogen) atoms. The molecular weight excluding hydrogens is 504 g/mol. The smallest absolute Gasteiger partial charge is 0.271 e. The van der Waals surface area contributed by atoms with E-state index in [1.165, 1.54) is 4.88 Å². The molecular formula is C29H27ClN4O2S. The molecule has 0 aliphatic heterocycles. The van der Waals surface area contributed by atoms with Gasteiger partial charge in [0.25, 0.3) is 11.8 Å². The van der Waals surface area contributed by atoms with Crippen LogP contribution < -0.4 is 10.7 Å². The molecule has 188 valence electrons. The molecule has 2 heterocycles. The molecule has 8 heteroatoms. The third kappa shape index (κ3) is 5.24. The Kier molecular flexibility index (Phi) is 7.26. The van der Waals surface area contributed by atoms with E-state index in [0.717, 1.165) is 64.4 Å². The van der Waals surface area contributed by atoms with Crippen molar-refractivity contribution in [2.24, 2.45) is 5.10 Å². The Bertz CT molecular complexity index is 1490. The van der Waals surface area contributed by atoms with E-state index in [1.54, 1.807) is 41.8 Å². The van der Waals surface area contributed by atoms with Crippen LogP contribution in [0, 0.1) is 13.8 Å². The fourth-order valence-corrected chi connectivity index (χ4v) is 6.34. The Balaban J connectivity index is 1.45. The normalized spacial score (nSPS) is 12.9. The average Bonchev–Trinajstić information content (AvgIpc) is 3.41. The molecule has 0 radical (unpaired) electrons. The first kappa shape index (κ1) is 25.0. The van der Waals surface area contributed by atoms with Crippen molar-refractivity contribution in [2.75, 3.05) is 5.32 Å². The Hall–Kier alpha value is -3.68. The minimum Gasteiger partial charge on any atom is -0.322 e. The second kappa shape index (κ2) is 10.7. The molecule has 0 spiro atoms. The Labute approximate surface area is 225 Å². The van der Waals surface area contributed by atoms with Gasteiger partial charge in [-0.1, -0.05) is 29.8 Å². The monoisotopic (exact) mass is 530 g/mol. The van der Waals surface area contributed by atoms with E-state index in [4.69, 9.17) is 11.6 Å². The highest BCUT2D eigenvalue weighted by Crippen LogP contribution is 2.39. The summed E-state index contributed by atoms with van der Waals surface area (Å²) in [4.78, 5) is 27.3. The number of para-hydroxylation sites is 1. The molecule has 0 atom stereocenters. The lowest BCUT2D eigenvalue weighted by atomic mass is 9.95. The highest BCUT2D eigenvalue weighted by Gasteiger charge is 2.28. The maximum absolute atomic E-state index is 13.6. The SMILES string of the molecule is Cc1cc(/C=N\NC(=O)c2ccc(Cl)cc2)c(C)n1-c1sc2c(c1C(=O)Nc1ccccc1)CCCC2. The number of benzene rings is 2.